The fourth-order valence-electron chi connectivity index (χ4n) is 4.08. The van der Waals surface area contributed by atoms with E-state index in [1.807, 2.05) is 50.2 Å². The van der Waals surface area contributed by atoms with Gasteiger partial charge in [-0.2, -0.15) is 0 Å². The molecule has 1 heterocycles. The summed E-state index contributed by atoms with van der Waals surface area (Å²) < 4.78 is 16.1. The number of nitrogens with zero attached hydrogens (tertiary/aromatic N) is 1. The highest BCUT2D eigenvalue weighted by molar-refractivity contribution is 6.00. The Morgan fingerprint density at radius 3 is 2.17 bits per heavy atom. The predicted molar refractivity (Wildman–Crippen MR) is 139 cm³/mol. The van der Waals surface area contributed by atoms with Gasteiger partial charge in [0.1, 0.15) is 0 Å². The Kier molecular flexibility index (Phi) is 10.9. The Morgan fingerprint density at radius 2 is 1.58 bits per heavy atom. The zero-order chi connectivity index (χ0) is 26.8. The van der Waals surface area contributed by atoms with Crippen molar-refractivity contribution in [3.05, 3.63) is 63.5 Å². The molecular formula is C28H38N2O6. The van der Waals surface area contributed by atoms with Crippen molar-refractivity contribution >= 4 is 24.0 Å². The van der Waals surface area contributed by atoms with Crippen molar-refractivity contribution in [2.45, 2.75) is 47.0 Å². The highest BCUT2D eigenvalue weighted by atomic mass is 16.5. The van der Waals surface area contributed by atoms with Crippen molar-refractivity contribution in [2.75, 3.05) is 40.5 Å². The molecule has 1 aromatic rings. The fraction of sp³-hybridized carbons (Fsp3) is 0.464. The average molecular weight is 499 g/mol. The topological polar surface area (TPSA) is 94.2 Å². The van der Waals surface area contributed by atoms with Crippen molar-refractivity contribution in [3.63, 3.8) is 0 Å². The van der Waals surface area contributed by atoms with E-state index in [1.165, 1.54) is 0 Å². The third-order valence-corrected chi connectivity index (χ3v) is 5.55. The van der Waals surface area contributed by atoms with Gasteiger partial charge in [0.2, 0.25) is 0 Å². The summed E-state index contributed by atoms with van der Waals surface area (Å²) in [6.45, 7) is 10.0. The lowest BCUT2D eigenvalue weighted by Crippen LogP contribution is -2.37. The van der Waals surface area contributed by atoms with Crippen molar-refractivity contribution in [1.82, 2.24) is 10.2 Å². The van der Waals surface area contributed by atoms with Crippen LogP contribution < -0.4 is 5.32 Å². The van der Waals surface area contributed by atoms with E-state index in [0.717, 1.165) is 6.42 Å². The molecule has 0 saturated carbocycles. The van der Waals surface area contributed by atoms with Gasteiger partial charge in [0, 0.05) is 23.5 Å². The lowest BCUT2D eigenvalue weighted by molar-refractivity contribution is -0.140. The highest BCUT2D eigenvalue weighted by Gasteiger charge is 2.39. The number of esters is 3. The molecule has 0 spiro atoms. The van der Waals surface area contributed by atoms with Crippen LogP contribution in [0.25, 0.3) is 6.08 Å². The second kappa shape index (κ2) is 13.6. The maximum Gasteiger partial charge on any atom is 0.336 e. The van der Waals surface area contributed by atoms with E-state index in [0.29, 0.717) is 52.4 Å². The number of dihydropyridines is 1. The molecular weight excluding hydrogens is 460 g/mol. The number of allylic oxidation sites excluding steroid dienone is 1. The molecule has 8 nitrogen and oxygen atoms in total. The number of nitrogens with one attached hydrogen (secondary N) is 1. The summed E-state index contributed by atoms with van der Waals surface area (Å²) in [5.74, 6) is -2.20. The first-order valence-electron chi connectivity index (χ1n) is 12.3. The second-order valence-corrected chi connectivity index (χ2v) is 8.76. The fourth-order valence-corrected chi connectivity index (χ4v) is 4.08. The van der Waals surface area contributed by atoms with Gasteiger partial charge in [0.15, 0.2) is 0 Å². The standard InChI is InChI=1S/C28H38N2O6/c1-8-15-36-26(31)18(4)16-20-13-11-12-14-21(20)24-23(27(32)34-9-2)19(5)29-22(17-30(6)7)25(24)28(33)35-10-3/h11-14,16,24,29H,8-10,15,17H2,1-7H3. The Balaban J connectivity index is 2.80. The molecule has 1 atom stereocenters. The maximum absolute atomic E-state index is 13.4. The first-order valence-corrected chi connectivity index (χ1v) is 12.3. The summed E-state index contributed by atoms with van der Waals surface area (Å²) in [7, 11) is 3.79. The summed E-state index contributed by atoms with van der Waals surface area (Å²) in [6.07, 6.45) is 2.45. The number of rotatable bonds is 11. The predicted octanol–water partition coefficient (Wildman–Crippen LogP) is 3.95. The Hall–Kier alpha value is -3.39. The zero-order valence-electron chi connectivity index (χ0n) is 22.4. The van der Waals surface area contributed by atoms with E-state index in [-0.39, 0.29) is 13.2 Å². The summed E-state index contributed by atoms with van der Waals surface area (Å²) in [6, 6.07) is 7.38. The van der Waals surface area contributed by atoms with Crippen LogP contribution in [0.15, 0.2) is 52.4 Å². The zero-order valence-corrected chi connectivity index (χ0v) is 22.4. The average Bonchev–Trinajstić information content (AvgIpc) is 2.82. The Labute approximate surface area is 214 Å². The van der Waals surface area contributed by atoms with Crippen LogP contribution in [-0.2, 0) is 28.6 Å². The van der Waals surface area contributed by atoms with Crippen LogP contribution in [0.3, 0.4) is 0 Å². The molecule has 1 unspecified atom stereocenters. The number of hydrogen-bond donors (Lipinski definition) is 1. The molecule has 0 bridgehead atoms. The number of benzene rings is 1. The number of hydrogen-bond acceptors (Lipinski definition) is 8. The van der Waals surface area contributed by atoms with Gasteiger partial charge >= 0.3 is 17.9 Å². The van der Waals surface area contributed by atoms with Gasteiger partial charge in [0.05, 0.1) is 36.9 Å². The van der Waals surface area contributed by atoms with Gasteiger partial charge < -0.3 is 24.4 Å². The van der Waals surface area contributed by atoms with Gasteiger partial charge in [-0.15, -0.1) is 0 Å². The highest BCUT2D eigenvalue weighted by Crippen LogP contribution is 2.41. The van der Waals surface area contributed by atoms with E-state index < -0.39 is 23.8 Å². The van der Waals surface area contributed by atoms with E-state index in [1.54, 1.807) is 33.8 Å². The molecule has 0 saturated heterocycles. The van der Waals surface area contributed by atoms with Crippen LogP contribution in [0, 0.1) is 0 Å². The summed E-state index contributed by atoms with van der Waals surface area (Å²) >= 11 is 0. The number of likely N-dealkylation sites (N-methyl/N-ethyl adjacent to an activating group) is 1. The lowest BCUT2D eigenvalue weighted by atomic mass is 9.78. The van der Waals surface area contributed by atoms with Crippen molar-refractivity contribution in [2.24, 2.45) is 0 Å². The Bertz CT molecular complexity index is 1070. The number of carbonyl (C=O) groups excluding carboxylic acids is 3. The van der Waals surface area contributed by atoms with E-state index in [4.69, 9.17) is 14.2 Å². The largest absolute Gasteiger partial charge is 0.463 e. The van der Waals surface area contributed by atoms with Gasteiger partial charge in [-0.3, -0.25) is 0 Å². The van der Waals surface area contributed by atoms with E-state index in [2.05, 4.69) is 5.32 Å². The SMILES string of the molecule is CCCOC(=O)C(C)=Cc1ccccc1C1C(C(=O)OCC)=C(C)NC(CN(C)C)=C1C(=O)OCC. The molecule has 8 heteroatoms. The van der Waals surface area contributed by atoms with Crippen LogP contribution in [0.4, 0.5) is 0 Å². The molecule has 196 valence electrons. The minimum atomic E-state index is -0.758. The third-order valence-electron chi connectivity index (χ3n) is 5.55. The smallest absolute Gasteiger partial charge is 0.336 e. The normalized spacial score (nSPS) is 16.1. The first kappa shape index (κ1) is 28.8. The third kappa shape index (κ3) is 7.07. The van der Waals surface area contributed by atoms with Gasteiger partial charge in [0.25, 0.3) is 0 Å². The molecule has 36 heavy (non-hydrogen) atoms. The molecule has 2 rings (SSSR count). The van der Waals surface area contributed by atoms with Crippen LogP contribution in [0.5, 0.6) is 0 Å². The van der Waals surface area contributed by atoms with Crippen LogP contribution in [0.1, 0.15) is 58.1 Å². The summed E-state index contributed by atoms with van der Waals surface area (Å²) in [4.78, 5) is 41.0. The maximum atomic E-state index is 13.4. The minimum Gasteiger partial charge on any atom is -0.463 e. The summed E-state index contributed by atoms with van der Waals surface area (Å²) in [5, 5.41) is 3.25. The number of carbonyl (C=O) groups is 3. The minimum absolute atomic E-state index is 0.186. The molecule has 0 fully saturated rings. The lowest BCUT2D eigenvalue weighted by Gasteiger charge is -2.33. The monoisotopic (exact) mass is 498 g/mol. The molecule has 1 aliphatic heterocycles. The molecule has 0 radical (unpaired) electrons. The van der Waals surface area contributed by atoms with Crippen molar-refractivity contribution in [1.29, 1.82) is 0 Å². The van der Waals surface area contributed by atoms with Crippen LogP contribution >= 0.6 is 0 Å². The van der Waals surface area contributed by atoms with Gasteiger partial charge in [-0.1, -0.05) is 31.2 Å². The Morgan fingerprint density at radius 1 is 0.972 bits per heavy atom. The quantitative estimate of drug-likeness (QED) is 0.279. The van der Waals surface area contributed by atoms with Crippen molar-refractivity contribution in [3.8, 4) is 0 Å². The van der Waals surface area contributed by atoms with E-state index in [9.17, 15) is 14.4 Å². The first-order chi connectivity index (χ1) is 17.2. The molecule has 0 aliphatic carbocycles. The van der Waals surface area contributed by atoms with E-state index >= 15 is 0 Å². The van der Waals surface area contributed by atoms with Crippen molar-refractivity contribution < 1.29 is 28.6 Å². The molecule has 0 amide bonds. The molecule has 1 N–H and O–H groups in total. The molecule has 1 aliphatic rings. The molecule has 0 aromatic heterocycles. The van der Waals surface area contributed by atoms with Crippen LogP contribution in [0.2, 0.25) is 0 Å². The van der Waals surface area contributed by atoms with Gasteiger partial charge in [-0.05, 0) is 65.4 Å². The van der Waals surface area contributed by atoms with Crippen LogP contribution in [-0.4, -0.2) is 63.3 Å². The number of ether oxygens (including phenoxy) is 3. The second-order valence-electron chi connectivity index (χ2n) is 8.76. The molecule has 1 aromatic carbocycles. The summed E-state index contributed by atoms with van der Waals surface area (Å²) in [5.41, 5.74) is 3.70. The van der Waals surface area contributed by atoms with Gasteiger partial charge in [-0.25, -0.2) is 14.4 Å².